The van der Waals surface area contributed by atoms with Gasteiger partial charge in [-0.3, -0.25) is 19.8 Å². The van der Waals surface area contributed by atoms with Crippen molar-refractivity contribution in [3.05, 3.63) is 34.9 Å². The zero-order valence-corrected chi connectivity index (χ0v) is 18.8. The molecule has 2 saturated heterocycles. The number of hydrogen-bond donors (Lipinski definition) is 1. The Morgan fingerprint density at radius 1 is 1.10 bits per heavy atom. The standard InChI is InChI=1S/C24H33N3O4/c1-24(2,3)31-23(30)27-10-8-16(9-11-27)13-26-14-18-5-4-17(12-19(18)15-26)20-6-7-21(28)25-22(20)29/h4-5,12,16,20H,6-11,13-15H2,1-3H3,(H,25,28,29). The number of carbonyl (C=O) groups is 3. The molecule has 1 aromatic carbocycles. The molecule has 3 heterocycles. The third-order valence-corrected chi connectivity index (χ3v) is 6.44. The van der Waals surface area contributed by atoms with E-state index < -0.39 is 5.60 Å². The van der Waals surface area contributed by atoms with Crippen molar-refractivity contribution in [2.45, 2.75) is 71.1 Å². The minimum atomic E-state index is -0.456. The van der Waals surface area contributed by atoms with E-state index in [0.29, 0.717) is 18.8 Å². The van der Waals surface area contributed by atoms with Crippen molar-refractivity contribution >= 4 is 17.9 Å². The van der Waals surface area contributed by atoms with E-state index in [1.54, 1.807) is 0 Å². The summed E-state index contributed by atoms with van der Waals surface area (Å²) in [5.41, 5.74) is 3.16. The van der Waals surface area contributed by atoms with Crippen molar-refractivity contribution < 1.29 is 19.1 Å². The number of amides is 3. The maximum absolute atomic E-state index is 12.3. The third-order valence-electron chi connectivity index (χ3n) is 6.44. The summed E-state index contributed by atoms with van der Waals surface area (Å²) in [6.07, 6.45) is 2.77. The molecule has 1 aromatic rings. The van der Waals surface area contributed by atoms with Crippen molar-refractivity contribution in [1.29, 1.82) is 0 Å². The van der Waals surface area contributed by atoms with Crippen LogP contribution in [0.15, 0.2) is 18.2 Å². The zero-order valence-electron chi connectivity index (χ0n) is 18.8. The van der Waals surface area contributed by atoms with Crippen LogP contribution in [-0.2, 0) is 27.4 Å². The average Bonchev–Trinajstić information content (AvgIpc) is 3.08. The highest BCUT2D eigenvalue weighted by atomic mass is 16.6. The molecule has 0 spiro atoms. The fourth-order valence-electron chi connectivity index (χ4n) is 4.83. The van der Waals surface area contributed by atoms with Crippen LogP contribution < -0.4 is 5.32 Å². The SMILES string of the molecule is CC(C)(C)OC(=O)N1CCC(CN2Cc3ccc(C4CCC(=O)NC4=O)cc3C2)CC1. The van der Waals surface area contributed by atoms with E-state index in [0.717, 1.165) is 51.1 Å². The molecule has 1 unspecified atom stereocenters. The highest BCUT2D eigenvalue weighted by molar-refractivity contribution is 6.00. The molecule has 2 fully saturated rings. The first-order valence-electron chi connectivity index (χ1n) is 11.3. The van der Waals surface area contributed by atoms with E-state index >= 15 is 0 Å². The molecule has 31 heavy (non-hydrogen) atoms. The Morgan fingerprint density at radius 3 is 2.48 bits per heavy atom. The molecule has 1 atom stereocenters. The lowest BCUT2D eigenvalue weighted by molar-refractivity contribution is -0.134. The van der Waals surface area contributed by atoms with Crippen molar-refractivity contribution in [1.82, 2.24) is 15.1 Å². The second-order valence-electron chi connectivity index (χ2n) is 10.1. The number of likely N-dealkylation sites (tertiary alicyclic amines) is 1. The lowest BCUT2D eigenvalue weighted by Crippen LogP contribution is -2.43. The van der Waals surface area contributed by atoms with Gasteiger partial charge < -0.3 is 9.64 Å². The fraction of sp³-hybridized carbons (Fsp3) is 0.625. The van der Waals surface area contributed by atoms with E-state index in [1.807, 2.05) is 31.7 Å². The predicted octanol–water partition coefficient (Wildman–Crippen LogP) is 3.17. The van der Waals surface area contributed by atoms with Gasteiger partial charge in [-0.25, -0.2) is 4.79 Å². The molecule has 0 saturated carbocycles. The molecule has 0 aromatic heterocycles. The van der Waals surface area contributed by atoms with Crippen LogP contribution in [-0.4, -0.2) is 52.9 Å². The second kappa shape index (κ2) is 8.61. The highest BCUT2D eigenvalue weighted by Crippen LogP contribution is 2.31. The summed E-state index contributed by atoms with van der Waals surface area (Å²) in [6.45, 7) is 10.0. The Hall–Kier alpha value is -2.41. The fourth-order valence-corrected chi connectivity index (χ4v) is 4.83. The van der Waals surface area contributed by atoms with Gasteiger partial charge in [0.15, 0.2) is 0 Å². The molecule has 0 bridgehead atoms. The van der Waals surface area contributed by atoms with Gasteiger partial charge in [-0.1, -0.05) is 18.2 Å². The van der Waals surface area contributed by atoms with Gasteiger partial charge >= 0.3 is 6.09 Å². The van der Waals surface area contributed by atoms with Crippen LogP contribution in [0.1, 0.15) is 69.1 Å². The minimum absolute atomic E-state index is 0.175. The molecule has 3 aliphatic rings. The monoisotopic (exact) mass is 427 g/mol. The number of piperidine rings is 2. The Morgan fingerprint density at radius 2 is 1.81 bits per heavy atom. The third kappa shape index (κ3) is 5.26. The Labute approximate surface area is 184 Å². The first-order valence-corrected chi connectivity index (χ1v) is 11.3. The average molecular weight is 428 g/mol. The van der Waals surface area contributed by atoms with Gasteiger partial charge in [-0.15, -0.1) is 0 Å². The second-order valence-corrected chi connectivity index (χ2v) is 10.1. The maximum Gasteiger partial charge on any atom is 0.410 e. The van der Waals surface area contributed by atoms with Crippen LogP contribution in [0.3, 0.4) is 0 Å². The van der Waals surface area contributed by atoms with Gasteiger partial charge in [0.1, 0.15) is 5.60 Å². The minimum Gasteiger partial charge on any atom is -0.444 e. The number of rotatable bonds is 3. The Balaban J connectivity index is 1.29. The van der Waals surface area contributed by atoms with Crippen molar-refractivity contribution in [2.75, 3.05) is 19.6 Å². The topological polar surface area (TPSA) is 79.0 Å². The normalized spacial score (nSPS) is 22.9. The first-order chi connectivity index (χ1) is 14.7. The van der Waals surface area contributed by atoms with E-state index in [9.17, 15) is 14.4 Å². The van der Waals surface area contributed by atoms with Gasteiger partial charge in [0.05, 0.1) is 5.92 Å². The van der Waals surface area contributed by atoms with Crippen LogP contribution >= 0.6 is 0 Å². The molecule has 0 radical (unpaired) electrons. The quantitative estimate of drug-likeness (QED) is 0.750. The summed E-state index contributed by atoms with van der Waals surface area (Å²) in [6, 6.07) is 6.33. The van der Waals surface area contributed by atoms with Crippen LogP contribution in [0.2, 0.25) is 0 Å². The number of imide groups is 1. The maximum atomic E-state index is 12.3. The largest absolute Gasteiger partial charge is 0.444 e. The summed E-state index contributed by atoms with van der Waals surface area (Å²) >= 11 is 0. The number of nitrogens with one attached hydrogen (secondary N) is 1. The number of fused-ring (bicyclic) bond motifs is 1. The van der Waals surface area contributed by atoms with E-state index in [4.69, 9.17) is 4.74 Å². The molecule has 3 amide bonds. The van der Waals surface area contributed by atoms with Crippen LogP contribution in [0.5, 0.6) is 0 Å². The summed E-state index contributed by atoms with van der Waals surface area (Å²) in [4.78, 5) is 40.2. The molecule has 168 valence electrons. The van der Waals surface area contributed by atoms with E-state index in [-0.39, 0.29) is 23.8 Å². The zero-order chi connectivity index (χ0) is 22.2. The van der Waals surface area contributed by atoms with Crippen molar-refractivity contribution in [3.63, 3.8) is 0 Å². The first kappa shape index (κ1) is 21.8. The van der Waals surface area contributed by atoms with Crippen molar-refractivity contribution in [2.24, 2.45) is 5.92 Å². The molecule has 7 nitrogen and oxygen atoms in total. The smallest absolute Gasteiger partial charge is 0.410 e. The summed E-state index contributed by atoms with van der Waals surface area (Å²) in [5, 5.41) is 2.46. The molecular weight excluding hydrogens is 394 g/mol. The van der Waals surface area contributed by atoms with E-state index in [1.165, 1.54) is 11.1 Å². The lowest BCUT2D eigenvalue weighted by atomic mass is 9.89. The van der Waals surface area contributed by atoms with Crippen LogP contribution in [0, 0.1) is 5.92 Å². The van der Waals surface area contributed by atoms with Gasteiger partial charge in [0, 0.05) is 39.1 Å². The highest BCUT2D eigenvalue weighted by Gasteiger charge is 2.31. The number of hydrogen-bond acceptors (Lipinski definition) is 5. The van der Waals surface area contributed by atoms with Gasteiger partial charge in [-0.2, -0.15) is 0 Å². The molecule has 1 N–H and O–H groups in total. The number of carbonyl (C=O) groups excluding carboxylic acids is 3. The van der Waals surface area contributed by atoms with E-state index in [2.05, 4.69) is 22.3 Å². The summed E-state index contributed by atoms with van der Waals surface area (Å²) < 4.78 is 5.49. The molecule has 0 aliphatic carbocycles. The Bertz CT molecular complexity index is 868. The number of nitrogens with zero attached hydrogens (tertiary/aromatic N) is 2. The molecular formula is C24H33N3O4. The Kier molecular flexibility index (Phi) is 6.06. The molecule has 4 rings (SSSR count). The number of benzene rings is 1. The van der Waals surface area contributed by atoms with Crippen LogP contribution in [0.4, 0.5) is 4.79 Å². The summed E-state index contributed by atoms with van der Waals surface area (Å²) in [5.74, 6) is -0.00839. The van der Waals surface area contributed by atoms with Gasteiger partial charge in [0.2, 0.25) is 11.8 Å². The van der Waals surface area contributed by atoms with Crippen molar-refractivity contribution in [3.8, 4) is 0 Å². The molecule has 7 heteroatoms. The number of ether oxygens (including phenoxy) is 1. The predicted molar refractivity (Wildman–Crippen MR) is 116 cm³/mol. The van der Waals surface area contributed by atoms with Gasteiger partial charge in [-0.05, 0) is 62.6 Å². The molecule has 3 aliphatic heterocycles. The van der Waals surface area contributed by atoms with Gasteiger partial charge in [0.25, 0.3) is 0 Å². The lowest BCUT2D eigenvalue weighted by Gasteiger charge is -2.34. The van der Waals surface area contributed by atoms with Crippen LogP contribution in [0.25, 0.3) is 0 Å². The summed E-state index contributed by atoms with van der Waals surface area (Å²) in [7, 11) is 0.